The van der Waals surface area contributed by atoms with Gasteiger partial charge in [-0.1, -0.05) is 18.2 Å². The minimum Gasteiger partial charge on any atom is -0.308 e. The van der Waals surface area contributed by atoms with E-state index in [0.717, 1.165) is 0 Å². The summed E-state index contributed by atoms with van der Waals surface area (Å²) < 4.78 is 50.5. The van der Waals surface area contributed by atoms with Crippen LogP contribution in [-0.4, -0.2) is 70.8 Å². The minimum atomic E-state index is -3.69. The van der Waals surface area contributed by atoms with Gasteiger partial charge in [-0.25, -0.2) is 16.8 Å². The second-order valence-electron chi connectivity index (χ2n) is 5.79. The molecule has 0 spiro atoms. The summed E-state index contributed by atoms with van der Waals surface area (Å²) in [7, 11) is -3.11. The second-order valence-corrected chi connectivity index (χ2v) is 9.91. The Morgan fingerprint density at radius 1 is 1.14 bits per heavy atom. The monoisotopic (exact) mass is 346 g/mol. The van der Waals surface area contributed by atoms with Gasteiger partial charge in [0, 0.05) is 19.1 Å². The highest BCUT2D eigenvalue weighted by molar-refractivity contribution is 7.92. The summed E-state index contributed by atoms with van der Waals surface area (Å²) in [5.74, 6) is -0.0348. The van der Waals surface area contributed by atoms with Gasteiger partial charge in [0.1, 0.15) is 0 Å². The van der Waals surface area contributed by atoms with Crippen molar-refractivity contribution in [2.75, 3.05) is 38.7 Å². The SMILES string of the molecule is CN(C)CCN([C@H]1CCS(=O)(=O)C1)S(=O)(=O)c1ccccc1. The van der Waals surface area contributed by atoms with Crippen molar-refractivity contribution in [1.82, 2.24) is 9.21 Å². The van der Waals surface area contributed by atoms with Gasteiger partial charge in [0.05, 0.1) is 16.4 Å². The lowest BCUT2D eigenvalue weighted by Crippen LogP contribution is -2.44. The van der Waals surface area contributed by atoms with Crippen molar-refractivity contribution in [3.63, 3.8) is 0 Å². The van der Waals surface area contributed by atoms with Gasteiger partial charge < -0.3 is 4.90 Å². The average Bonchev–Trinajstić information content (AvgIpc) is 2.79. The van der Waals surface area contributed by atoms with Crippen LogP contribution in [-0.2, 0) is 19.9 Å². The number of rotatable bonds is 6. The molecule has 0 aromatic heterocycles. The lowest BCUT2D eigenvalue weighted by atomic mass is 10.2. The van der Waals surface area contributed by atoms with Gasteiger partial charge in [0.15, 0.2) is 9.84 Å². The molecule has 0 saturated carbocycles. The predicted molar refractivity (Wildman–Crippen MR) is 85.9 cm³/mol. The summed E-state index contributed by atoms with van der Waals surface area (Å²) in [6.45, 7) is 0.826. The fourth-order valence-corrected chi connectivity index (χ4v) is 6.02. The fraction of sp³-hybridized carbons (Fsp3) is 0.571. The molecule has 1 aromatic rings. The molecule has 1 atom stereocenters. The van der Waals surface area contributed by atoms with Gasteiger partial charge in [-0.3, -0.25) is 0 Å². The summed E-state index contributed by atoms with van der Waals surface area (Å²) in [6.07, 6.45) is 0.363. The molecular formula is C14H22N2O4S2. The zero-order chi connectivity index (χ0) is 16.4. The van der Waals surface area contributed by atoms with E-state index < -0.39 is 25.9 Å². The highest BCUT2D eigenvalue weighted by Gasteiger charge is 2.38. The third kappa shape index (κ3) is 4.07. The van der Waals surface area contributed by atoms with Crippen LogP contribution >= 0.6 is 0 Å². The highest BCUT2D eigenvalue weighted by atomic mass is 32.2. The summed E-state index contributed by atoms with van der Waals surface area (Å²) >= 11 is 0. The second kappa shape index (κ2) is 6.66. The van der Waals surface area contributed by atoms with E-state index in [1.165, 1.54) is 4.31 Å². The largest absolute Gasteiger partial charge is 0.308 e. The van der Waals surface area contributed by atoms with Gasteiger partial charge in [-0.05, 0) is 32.6 Å². The molecule has 0 amide bonds. The number of likely N-dealkylation sites (N-methyl/N-ethyl adjacent to an activating group) is 1. The molecular weight excluding hydrogens is 324 g/mol. The zero-order valence-corrected chi connectivity index (χ0v) is 14.5. The molecule has 0 radical (unpaired) electrons. The van der Waals surface area contributed by atoms with Crippen LogP contribution in [0.4, 0.5) is 0 Å². The van der Waals surface area contributed by atoms with Gasteiger partial charge in [-0.2, -0.15) is 4.31 Å². The first-order valence-corrected chi connectivity index (χ1v) is 10.4. The number of sulfone groups is 1. The molecule has 0 N–H and O–H groups in total. The molecule has 1 heterocycles. The van der Waals surface area contributed by atoms with Crippen LogP contribution in [0.25, 0.3) is 0 Å². The van der Waals surface area contributed by atoms with Crippen molar-refractivity contribution in [1.29, 1.82) is 0 Å². The first kappa shape index (κ1) is 17.4. The van der Waals surface area contributed by atoms with Crippen LogP contribution in [0.5, 0.6) is 0 Å². The molecule has 1 fully saturated rings. The zero-order valence-electron chi connectivity index (χ0n) is 12.8. The summed E-state index contributed by atoms with van der Waals surface area (Å²) in [4.78, 5) is 2.09. The number of sulfonamides is 1. The van der Waals surface area contributed by atoms with Crippen LogP contribution in [0.1, 0.15) is 6.42 Å². The Hall–Kier alpha value is -0.960. The quantitative estimate of drug-likeness (QED) is 0.746. The van der Waals surface area contributed by atoms with E-state index in [-0.39, 0.29) is 22.9 Å². The molecule has 1 aliphatic heterocycles. The Bertz CT molecular complexity index is 700. The van der Waals surface area contributed by atoms with Crippen molar-refractivity contribution in [2.24, 2.45) is 0 Å². The molecule has 0 aliphatic carbocycles. The maximum Gasteiger partial charge on any atom is 0.243 e. The summed E-state index contributed by atoms with van der Waals surface area (Å²) in [5, 5.41) is 0. The number of hydrogen-bond donors (Lipinski definition) is 0. The van der Waals surface area contributed by atoms with Gasteiger partial charge >= 0.3 is 0 Å². The lowest BCUT2D eigenvalue weighted by Gasteiger charge is -2.28. The van der Waals surface area contributed by atoms with Crippen LogP contribution in [0.15, 0.2) is 35.2 Å². The molecule has 1 aromatic carbocycles. The standard InChI is InChI=1S/C14H22N2O4S2/c1-15(2)9-10-16(13-8-11-21(17,18)12-13)22(19,20)14-6-4-3-5-7-14/h3-7,13H,8-12H2,1-2H3/t13-/m0/s1. The van der Waals surface area contributed by atoms with Crippen LogP contribution in [0.2, 0.25) is 0 Å². The molecule has 0 unspecified atom stereocenters. The van der Waals surface area contributed by atoms with Crippen molar-refractivity contribution >= 4 is 19.9 Å². The first-order chi connectivity index (χ1) is 10.2. The molecule has 0 bridgehead atoms. The van der Waals surface area contributed by atoms with Gasteiger partial charge in [0.2, 0.25) is 10.0 Å². The van der Waals surface area contributed by atoms with Gasteiger partial charge in [0.25, 0.3) is 0 Å². The van der Waals surface area contributed by atoms with Crippen LogP contribution in [0.3, 0.4) is 0 Å². The van der Waals surface area contributed by atoms with E-state index in [1.807, 2.05) is 19.0 Å². The Morgan fingerprint density at radius 2 is 1.77 bits per heavy atom. The molecule has 8 heteroatoms. The highest BCUT2D eigenvalue weighted by Crippen LogP contribution is 2.24. The lowest BCUT2D eigenvalue weighted by molar-refractivity contribution is 0.293. The Balaban J connectivity index is 2.32. The molecule has 1 saturated heterocycles. The predicted octanol–water partition coefficient (Wildman–Crippen LogP) is 0.426. The third-order valence-electron chi connectivity index (χ3n) is 3.73. The smallest absolute Gasteiger partial charge is 0.243 e. The first-order valence-electron chi connectivity index (χ1n) is 7.14. The van der Waals surface area contributed by atoms with E-state index in [2.05, 4.69) is 0 Å². The normalized spacial score (nSPS) is 21.5. The van der Waals surface area contributed by atoms with Crippen LogP contribution < -0.4 is 0 Å². The fourth-order valence-electron chi connectivity index (χ4n) is 2.53. The Labute approximate surface area is 132 Å². The van der Waals surface area contributed by atoms with E-state index in [0.29, 0.717) is 13.0 Å². The topological polar surface area (TPSA) is 74.8 Å². The average molecular weight is 346 g/mol. The Kier molecular flexibility index (Phi) is 5.26. The number of benzene rings is 1. The number of hydrogen-bond acceptors (Lipinski definition) is 5. The van der Waals surface area contributed by atoms with Crippen molar-refractivity contribution in [3.05, 3.63) is 30.3 Å². The van der Waals surface area contributed by atoms with Gasteiger partial charge in [-0.15, -0.1) is 0 Å². The summed E-state index contributed by atoms with van der Waals surface area (Å²) in [5.41, 5.74) is 0. The molecule has 124 valence electrons. The minimum absolute atomic E-state index is 0.0560. The maximum absolute atomic E-state index is 12.9. The molecule has 22 heavy (non-hydrogen) atoms. The Morgan fingerprint density at radius 3 is 2.27 bits per heavy atom. The van der Waals surface area contributed by atoms with Crippen molar-refractivity contribution < 1.29 is 16.8 Å². The maximum atomic E-state index is 12.9. The molecule has 2 rings (SSSR count). The molecule has 6 nitrogen and oxygen atoms in total. The van der Waals surface area contributed by atoms with Crippen molar-refractivity contribution in [3.8, 4) is 0 Å². The van der Waals surface area contributed by atoms with E-state index in [1.54, 1.807) is 30.3 Å². The van der Waals surface area contributed by atoms with E-state index in [9.17, 15) is 16.8 Å². The summed E-state index contributed by atoms with van der Waals surface area (Å²) in [6, 6.07) is 7.70. The molecule has 1 aliphatic rings. The van der Waals surface area contributed by atoms with Crippen molar-refractivity contribution in [2.45, 2.75) is 17.4 Å². The van der Waals surface area contributed by atoms with E-state index in [4.69, 9.17) is 0 Å². The van der Waals surface area contributed by atoms with Crippen LogP contribution in [0, 0.1) is 0 Å². The number of nitrogens with zero attached hydrogens (tertiary/aromatic N) is 2. The van der Waals surface area contributed by atoms with E-state index >= 15 is 0 Å². The third-order valence-corrected chi connectivity index (χ3v) is 7.45.